The lowest BCUT2D eigenvalue weighted by molar-refractivity contribution is 0.173. The molecule has 0 aliphatic carbocycles. The third-order valence-corrected chi connectivity index (χ3v) is 4.01. The average Bonchev–Trinajstić information content (AvgIpc) is 3.15. The van der Waals surface area contributed by atoms with E-state index in [2.05, 4.69) is 39.9 Å². The molecule has 2 N–H and O–H groups in total. The van der Waals surface area contributed by atoms with Gasteiger partial charge in [-0.15, -0.1) is 0 Å². The lowest BCUT2D eigenvalue weighted by Gasteiger charge is -2.12. The van der Waals surface area contributed by atoms with Gasteiger partial charge in [0, 0.05) is 19.7 Å². The van der Waals surface area contributed by atoms with E-state index in [0.29, 0.717) is 13.2 Å². The largest absolute Gasteiger partial charge is 0.492 e. The maximum Gasteiger partial charge on any atom is 0.231 e. The molecule has 0 unspecified atom stereocenters. The lowest BCUT2D eigenvalue weighted by Crippen LogP contribution is -2.39. The molecule has 6 nitrogen and oxygen atoms in total. The van der Waals surface area contributed by atoms with E-state index in [1.54, 1.807) is 7.05 Å². The van der Waals surface area contributed by atoms with Gasteiger partial charge in [0.05, 0.1) is 6.54 Å². The average molecular weight is 355 g/mol. The van der Waals surface area contributed by atoms with Gasteiger partial charge in [-0.2, -0.15) is 0 Å². The van der Waals surface area contributed by atoms with Crippen molar-refractivity contribution in [3.63, 3.8) is 0 Å². The second-order valence-electron chi connectivity index (χ2n) is 5.88. The second-order valence-corrected chi connectivity index (χ2v) is 5.88. The number of hydrogen-bond acceptors (Lipinski definition) is 4. The first-order valence-corrected chi connectivity index (χ1v) is 8.86. The van der Waals surface area contributed by atoms with E-state index in [9.17, 15) is 0 Å². The van der Waals surface area contributed by atoms with Crippen LogP contribution < -0.4 is 24.8 Å². The van der Waals surface area contributed by atoms with Gasteiger partial charge in [0.25, 0.3) is 0 Å². The van der Waals surface area contributed by atoms with Crippen LogP contribution in [0.5, 0.6) is 17.2 Å². The van der Waals surface area contributed by atoms with E-state index in [1.807, 2.05) is 24.3 Å². The predicted molar refractivity (Wildman–Crippen MR) is 102 cm³/mol. The molecule has 3 rings (SSSR count). The topological polar surface area (TPSA) is 64.1 Å². The SMILES string of the molecule is CN=C(NCCCc1ccccc1)NCCOc1ccc2c(c1)OCO2. The number of guanidine groups is 1. The molecule has 0 saturated heterocycles. The van der Waals surface area contributed by atoms with Crippen molar-refractivity contribution < 1.29 is 14.2 Å². The van der Waals surface area contributed by atoms with Gasteiger partial charge in [0.2, 0.25) is 6.79 Å². The summed E-state index contributed by atoms with van der Waals surface area (Å²) in [6.07, 6.45) is 2.11. The lowest BCUT2D eigenvalue weighted by atomic mass is 10.1. The van der Waals surface area contributed by atoms with E-state index in [1.165, 1.54) is 5.56 Å². The number of aryl methyl sites for hydroxylation is 1. The fourth-order valence-corrected chi connectivity index (χ4v) is 2.67. The Morgan fingerprint density at radius 1 is 1.04 bits per heavy atom. The zero-order chi connectivity index (χ0) is 18.0. The summed E-state index contributed by atoms with van der Waals surface area (Å²) in [5.74, 6) is 3.04. The zero-order valence-electron chi connectivity index (χ0n) is 15.0. The Balaban J connectivity index is 1.30. The molecule has 138 valence electrons. The molecule has 0 atom stereocenters. The normalized spacial score (nSPS) is 12.7. The number of nitrogens with zero attached hydrogens (tertiary/aromatic N) is 1. The van der Waals surface area contributed by atoms with E-state index in [4.69, 9.17) is 14.2 Å². The highest BCUT2D eigenvalue weighted by molar-refractivity contribution is 5.79. The Hall–Kier alpha value is -2.89. The van der Waals surface area contributed by atoms with Crippen molar-refractivity contribution >= 4 is 5.96 Å². The number of ether oxygens (including phenoxy) is 3. The fraction of sp³-hybridized carbons (Fsp3) is 0.350. The molecule has 0 fully saturated rings. The summed E-state index contributed by atoms with van der Waals surface area (Å²) in [6, 6.07) is 16.1. The van der Waals surface area contributed by atoms with Crippen LogP contribution in [0.15, 0.2) is 53.5 Å². The minimum atomic E-state index is 0.270. The highest BCUT2D eigenvalue weighted by Gasteiger charge is 2.13. The standard InChI is InChI=1S/C20H25N3O3/c1-21-20(22-11-5-8-16-6-3-2-4-7-16)23-12-13-24-17-9-10-18-19(14-17)26-15-25-18/h2-4,6-7,9-10,14H,5,8,11-13,15H2,1H3,(H2,21,22,23). The summed E-state index contributed by atoms with van der Waals surface area (Å²) in [5, 5.41) is 6.57. The summed E-state index contributed by atoms with van der Waals surface area (Å²) in [4.78, 5) is 4.23. The number of nitrogens with one attached hydrogen (secondary N) is 2. The van der Waals surface area contributed by atoms with Crippen LogP contribution >= 0.6 is 0 Å². The van der Waals surface area contributed by atoms with Crippen molar-refractivity contribution in [2.24, 2.45) is 4.99 Å². The zero-order valence-corrected chi connectivity index (χ0v) is 15.0. The Bertz CT molecular complexity index is 719. The molecule has 0 bridgehead atoms. The van der Waals surface area contributed by atoms with E-state index >= 15 is 0 Å². The Labute approximate surface area is 154 Å². The molecular formula is C20H25N3O3. The van der Waals surface area contributed by atoms with E-state index < -0.39 is 0 Å². The second kappa shape index (κ2) is 9.56. The molecule has 26 heavy (non-hydrogen) atoms. The molecule has 1 aliphatic heterocycles. The Morgan fingerprint density at radius 3 is 2.69 bits per heavy atom. The van der Waals surface area contributed by atoms with Crippen molar-refractivity contribution in [3.05, 3.63) is 54.1 Å². The van der Waals surface area contributed by atoms with Gasteiger partial charge in [0.15, 0.2) is 17.5 Å². The molecule has 2 aromatic rings. The maximum absolute atomic E-state index is 5.73. The summed E-state index contributed by atoms with van der Waals surface area (Å²) >= 11 is 0. The third-order valence-electron chi connectivity index (χ3n) is 4.01. The molecule has 0 spiro atoms. The molecule has 1 heterocycles. The first-order chi connectivity index (χ1) is 12.8. The monoisotopic (exact) mass is 355 g/mol. The third kappa shape index (κ3) is 5.31. The highest BCUT2D eigenvalue weighted by Crippen LogP contribution is 2.34. The van der Waals surface area contributed by atoms with Crippen molar-refractivity contribution in [2.75, 3.05) is 33.5 Å². The number of benzene rings is 2. The summed E-state index contributed by atoms with van der Waals surface area (Å²) < 4.78 is 16.4. The molecule has 0 saturated carbocycles. The molecule has 1 aliphatic rings. The molecule has 0 amide bonds. The van der Waals surface area contributed by atoms with Crippen LogP contribution in [0.2, 0.25) is 0 Å². The van der Waals surface area contributed by atoms with Crippen LogP contribution in [0, 0.1) is 0 Å². The molecular weight excluding hydrogens is 330 g/mol. The first kappa shape index (κ1) is 17.9. The number of hydrogen-bond donors (Lipinski definition) is 2. The Kier molecular flexibility index (Phi) is 6.59. The van der Waals surface area contributed by atoms with Gasteiger partial charge >= 0.3 is 0 Å². The van der Waals surface area contributed by atoms with Gasteiger partial charge in [0.1, 0.15) is 12.4 Å². The van der Waals surface area contributed by atoms with Crippen LogP contribution in [0.1, 0.15) is 12.0 Å². The van der Waals surface area contributed by atoms with Gasteiger partial charge in [-0.3, -0.25) is 4.99 Å². The van der Waals surface area contributed by atoms with Crippen molar-refractivity contribution in [3.8, 4) is 17.2 Å². The first-order valence-electron chi connectivity index (χ1n) is 8.86. The van der Waals surface area contributed by atoms with E-state index in [0.717, 1.165) is 42.6 Å². The van der Waals surface area contributed by atoms with Crippen molar-refractivity contribution in [1.29, 1.82) is 0 Å². The van der Waals surface area contributed by atoms with Gasteiger partial charge < -0.3 is 24.8 Å². The van der Waals surface area contributed by atoms with Crippen LogP contribution in [0.3, 0.4) is 0 Å². The van der Waals surface area contributed by atoms with Crippen molar-refractivity contribution in [1.82, 2.24) is 10.6 Å². The molecule has 0 radical (unpaired) electrons. The summed E-state index contributed by atoms with van der Waals surface area (Å²) in [7, 11) is 1.77. The summed E-state index contributed by atoms with van der Waals surface area (Å²) in [5.41, 5.74) is 1.36. The van der Waals surface area contributed by atoms with Gasteiger partial charge in [-0.05, 0) is 30.5 Å². The van der Waals surface area contributed by atoms with Crippen LogP contribution in [-0.4, -0.2) is 39.5 Å². The number of rotatable bonds is 8. The maximum atomic E-state index is 5.73. The molecule has 2 aromatic carbocycles. The van der Waals surface area contributed by atoms with Crippen LogP contribution in [0.4, 0.5) is 0 Å². The van der Waals surface area contributed by atoms with Crippen LogP contribution in [-0.2, 0) is 6.42 Å². The number of aliphatic imine (C=N–C) groups is 1. The molecule has 0 aromatic heterocycles. The van der Waals surface area contributed by atoms with Crippen LogP contribution in [0.25, 0.3) is 0 Å². The van der Waals surface area contributed by atoms with E-state index in [-0.39, 0.29) is 6.79 Å². The fourth-order valence-electron chi connectivity index (χ4n) is 2.67. The number of fused-ring (bicyclic) bond motifs is 1. The summed E-state index contributed by atoms with van der Waals surface area (Å²) in [6.45, 7) is 2.33. The van der Waals surface area contributed by atoms with Crippen molar-refractivity contribution in [2.45, 2.75) is 12.8 Å². The Morgan fingerprint density at radius 2 is 1.85 bits per heavy atom. The molecule has 6 heteroatoms. The van der Waals surface area contributed by atoms with Gasteiger partial charge in [-0.25, -0.2) is 0 Å². The minimum Gasteiger partial charge on any atom is -0.492 e. The van der Waals surface area contributed by atoms with Gasteiger partial charge in [-0.1, -0.05) is 30.3 Å². The quantitative estimate of drug-likeness (QED) is 0.433. The smallest absolute Gasteiger partial charge is 0.231 e. The predicted octanol–water partition coefficient (Wildman–Crippen LogP) is 2.59. The minimum absolute atomic E-state index is 0.270. The highest BCUT2D eigenvalue weighted by atomic mass is 16.7.